The van der Waals surface area contributed by atoms with E-state index in [1.807, 2.05) is 73.7 Å². The zero-order chi connectivity index (χ0) is 23.1. The summed E-state index contributed by atoms with van der Waals surface area (Å²) in [7, 11) is 4.97. The predicted octanol–water partition coefficient (Wildman–Crippen LogP) is 6.02. The van der Waals surface area contributed by atoms with Crippen LogP contribution in [0.15, 0.2) is 75.9 Å². The van der Waals surface area contributed by atoms with Gasteiger partial charge in [-0.2, -0.15) is 0 Å². The Kier molecular flexibility index (Phi) is 5.05. The monoisotopic (exact) mass is 440 g/mol. The smallest absolute Gasteiger partial charge is 0.262 e. The van der Waals surface area contributed by atoms with Crippen LogP contribution < -0.4 is 20.3 Å². The Bertz CT molecular complexity index is 1560. The van der Waals surface area contributed by atoms with Crippen LogP contribution in [0.4, 0.5) is 11.6 Å². The molecule has 0 aliphatic rings. The zero-order valence-corrected chi connectivity index (χ0v) is 18.9. The van der Waals surface area contributed by atoms with Crippen LogP contribution in [0.5, 0.6) is 11.5 Å². The summed E-state index contributed by atoms with van der Waals surface area (Å²) < 4.78 is 19.0. The second-order valence-corrected chi connectivity index (χ2v) is 7.90. The van der Waals surface area contributed by atoms with Crippen molar-refractivity contribution in [1.82, 2.24) is 4.57 Å². The van der Waals surface area contributed by atoms with Gasteiger partial charge in [-0.1, -0.05) is 36.4 Å². The van der Waals surface area contributed by atoms with Gasteiger partial charge in [-0.15, -0.1) is 0 Å². The Labute approximate surface area is 191 Å². The summed E-state index contributed by atoms with van der Waals surface area (Å²) in [6.07, 6.45) is 0. The lowest BCUT2D eigenvalue weighted by Crippen LogP contribution is -2.17. The molecule has 0 fully saturated rings. The fourth-order valence-corrected chi connectivity index (χ4v) is 4.25. The highest BCUT2D eigenvalue weighted by Gasteiger charge is 2.24. The number of benzene rings is 3. The standard InChI is InChI=1S/C27H24N2O4/c1-16-9-5-7-11-19(16)28-26-23(17-13-14-21(31-3)22(15-17)32-4)24-25(33-26)18-10-6-8-12-20(18)29(2)27(24)30/h5-15,28H,1-4H3. The van der Waals surface area contributed by atoms with E-state index >= 15 is 0 Å². The van der Waals surface area contributed by atoms with E-state index in [4.69, 9.17) is 13.9 Å². The molecule has 0 spiro atoms. The van der Waals surface area contributed by atoms with Crippen molar-refractivity contribution in [2.75, 3.05) is 19.5 Å². The van der Waals surface area contributed by atoms with E-state index in [0.717, 1.165) is 27.7 Å². The zero-order valence-electron chi connectivity index (χ0n) is 18.9. The molecule has 0 unspecified atom stereocenters. The number of hydrogen-bond donors (Lipinski definition) is 1. The van der Waals surface area contributed by atoms with E-state index in [1.54, 1.807) is 25.8 Å². The molecule has 6 nitrogen and oxygen atoms in total. The minimum atomic E-state index is -0.130. The van der Waals surface area contributed by atoms with E-state index in [2.05, 4.69) is 5.32 Å². The van der Waals surface area contributed by atoms with Gasteiger partial charge in [-0.05, 0) is 48.4 Å². The summed E-state index contributed by atoms with van der Waals surface area (Å²) in [5, 5.41) is 4.80. The number of nitrogens with one attached hydrogen (secondary N) is 1. The Morgan fingerprint density at radius 1 is 0.909 bits per heavy atom. The summed E-state index contributed by atoms with van der Waals surface area (Å²) >= 11 is 0. The molecule has 0 bridgehead atoms. The lowest BCUT2D eigenvalue weighted by Gasteiger charge is -2.12. The topological polar surface area (TPSA) is 65.6 Å². The number of ether oxygens (including phenoxy) is 2. The second-order valence-electron chi connectivity index (χ2n) is 7.90. The van der Waals surface area contributed by atoms with Crippen molar-refractivity contribution in [3.05, 3.63) is 82.6 Å². The minimum absolute atomic E-state index is 0.130. The number of para-hydroxylation sites is 2. The number of anilines is 2. The molecule has 0 radical (unpaired) electrons. The van der Waals surface area contributed by atoms with Gasteiger partial charge in [0.05, 0.1) is 30.7 Å². The van der Waals surface area contributed by atoms with Crippen molar-refractivity contribution in [3.8, 4) is 22.6 Å². The van der Waals surface area contributed by atoms with E-state index in [0.29, 0.717) is 33.9 Å². The normalized spacial score (nSPS) is 11.2. The molecule has 0 aliphatic heterocycles. The SMILES string of the molecule is COc1ccc(-c2c(Nc3ccccc3C)oc3c2c(=O)n(C)c2ccccc32)cc1OC. The number of methoxy groups -OCH3 is 2. The largest absolute Gasteiger partial charge is 0.493 e. The maximum atomic E-state index is 13.6. The molecule has 5 aromatic rings. The van der Waals surface area contributed by atoms with Crippen LogP contribution in [0.25, 0.3) is 33.0 Å². The molecule has 0 saturated carbocycles. The van der Waals surface area contributed by atoms with Crippen molar-refractivity contribution in [3.63, 3.8) is 0 Å². The number of fused-ring (bicyclic) bond motifs is 3. The molecule has 0 amide bonds. The van der Waals surface area contributed by atoms with Gasteiger partial charge in [0.25, 0.3) is 5.56 Å². The fourth-order valence-electron chi connectivity index (χ4n) is 4.25. The molecule has 2 aromatic heterocycles. The molecule has 0 atom stereocenters. The van der Waals surface area contributed by atoms with Crippen molar-refractivity contribution in [1.29, 1.82) is 0 Å². The third kappa shape index (κ3) is 3.31. The fraction of sp³-hybridized carbons (Fsp3) is 0.148. The van der Waals surface area contributed by atoms with Gasteiger partial charge in [0.1, 0.15) is 0 Å². The number of pyridine rings is 1. The summed E-state index contributed by atoms with van der Waals surface area (Å²) in [5.41, 5.74) is 4.67. The van der Waals surface area contributed by atoms with Crippen LogP contribution in [0.1, 0.15) is 5.56 Å². The first-order valence-electron chi connectivity index (χ1n) is 10.6. The summed E-state index contributed by atoms with van der Waals surface area (Å²) in [6, 6.07) is 21.3. The first-order chi connectivity index (χ1) is 16.0. The molecule has 5 rings (SSSR count). The van der Waals surface area contributed by atoms with Crippen LogP contribution in [0.3, 0.4) is 0 Å². The van der Waals surface area contributed by atoms with E-state index < -0.39 is 0 Å². The summed E-state index contributed by atoms with van der Waals surface area (Å²) in [4.78, 5) is 13.6. The molecule has 6 heteroatoms. The van der Waals surface area contributed by atoms with Crippen molar-refractivity contribution < 1.29 is 13.9 Å². The number of hydrogen-bond acceptors (Lipinski definition) is 5. The molecular formula is C27H24N2O4. The predicted molar refractivity (Wildman–Crippen MR) is 132 cm³/mol. The van der Waals surface area contributed by atoms with Crippen molar-refractivity contribution >= 4 is 33.4 Å². The van der Waals surface area contributed by atoms with Gasteiger partial charge < -0.3 is 23.8 Å². The lowest BCUT2D eigenvalue weighted by atomic mass is 10.0. The van der Waals surface area contributed by atoms with Gasteiger partial charge in [0.2, 0.25) is 5.88 Å². The van der Waals surface area contributed by atoms with Gasteiger partial charge in [-0.3, -0.25) is 4.79 Å². The van der Waals surface area contributed by atoms with Crippen molar-refractivity contribution in [2.24, 2.45) is 7.05 Å². The van der Waals surface area contributed by atoms with Crippen LogP contribution >= 0.6 is 0 Å². The quantitative estimate of drug-likeness (QED) is 0.362. The van der Waals surface area contributed by atoms with Crippen LogP contribution in [0.2, 0.25) is 0 Å². The number of furan rings is 1. The van der Waals surface area contributed by atoms with Crippen molar-refractivity contribution in [2.45, 2.75) is 6.92 Å². The van der Waals surface area contributed by atoms with Gasteiger partial charge in [0, 0.05) is 18.1 Å². The maximum absolute atomic E-state index is 13.6. The molecule has 0 saturated heterocycles. The highest BCUT2D eigenvalue weighted by molar-refractivity contribution is 6.11. The lowest BCUT2D eigenvalue weighted by molar-refractivity contribution is 0.355. The van der Waals surface area contributed by atoms with E-state index in [9.17, 15) is 4.79 Å². The molecular weight excluding hydrogens is 416 g/mol. The highest BCUT2D eigenvalue weighted by Crippen LogP contribution is 2.43. The number of aromatic nitrogens is 1. The number of rotatable bonds is 5. The Hall–Kier alpha value is -4.19. The summed E-state index contributed by atoms with van der Waals surface area (Å²) in [6.45, 7) is 2.02. The van der Waals surface area contributed by atoms with Crippen LogP contribution in [-0.4, -0.2) is 18.8 Å². The second kappa shape index (κ2) is 8.06. The Balaban J connectivity index is 1.87. The van der Waals surface area contributed by atoms with E-state index in [-0.39, 0.29) is 5.56 Å². The first kappa shape index (κ1) is 20.7. The van der Waals surface area contributed by atoms with E-state index in [1.165, 1.54) is 0 Å². The minimum Gasteiger partial charge on any atom is -0.493 e. The number of nitrogens with zero attached hydrogens (tertiary/aromatic N) is 1. The van der Waals surface area contributed by atoms with Crippen LogP contribution in [0, 0.1) is 6.92 Å². The Morgan fingerprint density at radius 3 is 2.39 bits per heavy atom. The molecule has 1 N–H and O–H groups in total. The number of aryl methyl sites for hydroxylation is 2. The first-order valence-corrected chi connectivity index (χ1v) is 10.6. The maximum Gasteiger partial charge on any atom is 0.262 e. The van der Waals surface area contributed by atoms with Gasteiger partial charge >= 0.3 is 0 Å². The Morgan fingerprint density at radius 2 is 1.64 bits per heavy atom. The molecule has 166 valence electrons. The highest BCUT2D eigenvalue weighted by atomic mass is 16.5. The third-order valence-electron chi connectivity index (χ3n) is 6.00. The van der Waals surface area contributed by atoms with Crippen LogP contribution in [-0.2, 0) is 7.05 Å². The third-order valence-corrected chi connectivity index (χ3v) is 6.00. The average molecular weight is 440 g/mol. The van der Waals surface area contributed by atoms with Gasteiger partial charge in [0.15, 0.2) is 17.1 Å². The molecule has 2 heterocycles. The van der Waals surface area contributed by atoms with Gasteiger partial charge in [-0.25, -0.2) is 0 Å². The summed E-state index contributed by atoms with van der Waals surface area (Å²) in [5.74, 6) is 1.68. The average Bonchev–Trinajstić information content (AvgIpc) is 3.23. The molecule has 3 aromatic carbocycles. The molecule has 33 heavy (non-hydrogen) atoms. The molecule has 0 aliphatic carbocycles.